The number of nitrogens with one attached hydrogen (secondary N) is 3. The van der Waals surface area contributed by atoms with Gasteiger partial charge in [0.1, 0.15) is 16.7 Å². The van der Waals surface area contributed by atoms with Gasteiger partial charge in [-0.05, 0) is 37.1 Å². The lowest BCUT2D eigenvalue weighted by Crippen LogP contribution is -2.33. The number of benzene rings is 2. The summed E-state index contributed by atoms with van der Waals surface area (Å²) in [4.78, 5) is 18.8. The van der Waals surface area contributed by atoms with E-state index in [1.54, 1.807) is 24.3 Å². The lowest BCUT2D eigenvalue weighted by Gasteiger charge is -2.31. The summed E-state index contributed by atoms with van der Waals surface area (Å²) in [6.07, 6.45) is 1.11. The molecule has 144 valence electrons. The number of hydrogen-bond donors (Lipinski definition) is 4. The number of hydrogen-bond acceptors (Lipinski definition) is 3. The SMILES string of the molecule is O=C(O)Nc1ccc(-c2nc([C@H]3NCCC[C@H]3c3ccccc3)[nH]c2Cl)cc1. The third-order valence-electron chi connectivity index (χ3n) is 5.07. The first-order valence-electron chi connectivity index (χ1n) is 9.26. The topological polar surface area (TPSA) is 90.0 Å². The molecular formula is C21H21ClN4O2. The number of halogens is 1. The van der Waals surface area contributed by atoms with E-state index in [1.165, 1.54) is 5.56 Å². The van der Waals surface area contributed by atoms with E-state index in [1.807, 2.05) is 6.07 Å². The zero-order valence-corrected chi connectivity index (χ0v) is 15.9. The average Bonchev–Trinajstić information content (AvgIpc) is 3.10. The van der Waals surface area contributed by atoms with Gasteiger partial charge in [0, 0.05) is 17.2 Å². The number of anilines is 1. The normalized spacial score (nSPS) is 19.3. The summed E-state index contributed by atoms with van der Waals surface area (Å²) in [5.74, 6) is 1.15. The molecule has 2 atom stereocenters. The van der Waals surface area contributed by atoms with Crippen molar-refractivity contribution >= 4 is 23.4 Å². The van der Waals surface area contributed by atoms with Crippen LogP contribution in [0.25, 0.3) is 11.3 Å². The number of aromatic amines is 1. The zero-order chi connectivity index (χ0) is 19.5. The maximum atomic E-state index is 10.7. The van der Waals surface area contributed by atoms with E-state index < -0.39 is 6.09 Å². The fourth-order valence-corrected chi connectivity index (χ4v) is 4.03. The third kappa shape index (κ3) is 3.88. The van der Waals surface area contributed by atoms with Crippen LogP contribution in [0.1, 0.15) is 36.2 Å². The Balaban J connectivity index is 1.62. The molecule has 2 heterocycles. The molecule has 0 saturated carbocycles. The van der Waals surface area contributed by atoms with Crippen LogP contribution >= 0.6 is 11.6 Å². The molecule has 1 amide bonds. The Kier molecular flexibility index (Phi) is 5.32. The number of rotatable bonds is 4. The van der Waals surface area contributed by atoms with Crippen LogP contribution in [0.4, 0.5) is 10.5 Å². The summed E-state index contributed by atoms with van der Waals surface area (Å²) in [6.45, 7) is 0.942. The van der Waals surface area contributed by atoms with Crippen LogP contribution in [-0.4, -0.2) is 27.7 Å². The fourth-order valence-electron chi connectivity index (χ4n) is 3.78. The van der Waals surface area contributed by atoms with Gasteiger partial charge in [0.2, 0.25) is 0 Å². The third-order valence-corrected chi connectivity index (χ3v) is 5.34. The first kappa shape index (κ1) is 18.5. The van der Waals surface area contributed by atoms with Crippen LogP contribution in [0.5, 0.6) is 0 Å². The summed E-state index contributed by atoms with van der Waals surface area (Å²) < 4.78 is 0. The van der Waals surface area contributed by atoms with Gasteiger partial charge in [-0.3, -0.25) is 5.32 Å². The molecule has 0 aliphatic carbocycles. The molecule has 4 N–H and O–H groups in total. The van der Waals surface area contributed by atoms with Gasteiger partial charge in [0.15, 0.2) is 0 Å². The van der Waals surface area contributed by atoms with Crippen molar-refractivity contribution < 1.29 is 9.90 Å². The molecular weight excluding hydrogens is 376 g/mol. The second-order valence-electron chi connectivity index (χ2n) is 6.88. The van der Waals surface area contributed by atoms with Crippen molar-refractivity contribution in [3.8, 4) is 11.3 Å². The predicted molar refractivity (Wildman–Crippen MR) is 110 cm³/mol. The highest BCUT2D eigenvalue weighted by Gasteiger charge is 2.30. The van der Waals surface area contributed by atoms with Gasteiger partial charge in [0.25, 0.3) is 0 Å². The maximum Gasteiger partial charge on any atom is 0.409 e. The number of H-pyrrole nitrogens is 1. The van der Waals surface area contributed by atoms with E-state index in [-0.39, 0.29) is 6.04 Å². The van der Waals surface area contributed by atoms with E-state index in [2.05, 4.69) is 39.9 Å². The molecule has 1 aromatic heterocycles. The first-order valence-corrected chi connectivity index (χ1v) is 9.64. The summed E-state index contributed by atoms with van der Waals surface area (Å²) in [7, 11) is 0. The van der Waals surface area contributed by atoms with Crippen molar-refractivity contribution in [2.24, 2.45) is 0 Å². The van der Waals surface area contributed by atoms with Crippen LogP contribution in [0.2, 0.25) is 5.15 Å². The predicted octanol–water partition coefficient (Wildman–Crippen LogP) is 5.03. The largest absolute Gasteiger partial charge is 0.465 e. The molecule has 7 heteroatoms. The Morgan fingerprint density at radius 1 is 1.14 bits per heavy atom. The minimum atomic E-state index is -1.09. The minimum absolute atomic E-state index is 0.0651. The first-order chi connectivity index (χ1) is 13.6. The van der Waals surface area contributed by atoms with Crippen molar-refractivity contribution in [3.05, 3.63) is 71.1 Å². The highest BCUT2D eigenvalue weighted by atomic mass is 35.5. The van der Waals surface area contributed by atoms with Crippen molar-refractivity contribution in [1.29, 1.82) is 0 Å². The van der Waals surface area contributed by atoms with Crippen LogP contribution in [0.15, 0.2) is 54.6 Å². The number of amides is 1. The molecule has 0 spiro atoms. The highest BCUT2D eigenvalue weighted by Crippen LogP contribution is 2.38. The fraction of sp³-hybridized carbons (Fsp3) is 0.238. The molecule has 0 bridgehead atoms. The van der Waals surface area contributed by atoms with Crippen molar-refractivity contribution in [2.75, 3.05) is 11.9 Å². The summed E-state index contributed by atoms with van der Waals surface area (Å²) >= 11 is 6.46. The molecule has 3 aromatic rings. The average molecular weight is 397 g/mol. The van der Waals surface area contributed by atoms with Gasteiger partial charge < -0.3 is 15.4 Å². The Labute approximate surface area is 168 Å². The Morgan fingerprint density at radius 3 is 2.61 bits per heavy atom. The van der Waals surface area contributed by atoms with Crippen LogP contribution < -0.4 is 10.6 Å². The van der Waals surface area contributed by atoms with Gasteiger partial charge in [-0.25, -0.2) is 9.78 Å². The van der Waals surface area contributed by atoms with Crippen LogP contribution in [0, 0.1) is 0 Å². The van der Waals surface area contributed by atoms with Gasteiger partial charge in [-0.1, -0.05) is 54.1 Å². The highest BCUT2D eigenvalue weighted by molar-refractivity contribution is 6.31. The van der Waals surface area contributed by atoms with Crippen LogP contribution in [0.3, 0.4) is 0 Å². The maximum absolute atomic E-state index is 10.7. The quantitative estimate of drug-likeness (QED) is 0.498. The molecule has 6 nitrogen and oxygen atoms in total. The molecule has 1 fully saturated rings. The van der Waals surface area contributed by atoms with E-state index in [4.69, 9.17) is 21.7 Å². The van der Waals surface area contributed by atoms with Crippen molar-refractivity contribution in [3.63, 3.8) is 0 Å². The standard InChI is InChI=1S/C21H21ClN4O2/c22-19-17(14-8-10-15(11-9-14)24-21(27)28)25-20(26-19)18-16(7-4-12-23-18)13-5-2-1-3-6-13/h1-3,5-6,8-11,16,18,23-24H,4,7,12H2,(H,25,26)(H,27,28)/t16-,18-/m0/s1. The smallest absolute Gasteiger partial charge is 0.409 e. The molecule has 0 radical (unpaired) electrons. The van der Waals surface area contributed by atoms with Gasteiger partial charge in [0.05, 0.1) is 6.04 Å². The minimum Gasteiger partial charge on any atom is -0.465 e. The van der Waals surface area contributed by atoms with Gasteiger partial charge >= 0.3 is 6.09 Å². The second kappa shape index (κ2) is 8.04. The Hall–Kier alpha value is -2.83. The summed E-state index contributed by atoms with van der Waals surface area (Å²) in [5, 5.41) is 15.2. The Bertz CT molecular complexity index is 956. The number of carbonyl (C=O) groups is 1. The van der Waals surface area contributed by atoms with Crippen LogP contribution in [-0.2, 0) is 0 Å². The Morgan fingerprint density at radius 2 is 1.89 bits per heavy atom. The number of aromatic nitrogens is 2. The number of carboxylic acid groups (broad SMARTS) is 1. The molecule has 4 rings (SSSR count). The zero-order valence-electron chi connectivity index (χ0n) is 15.2. The van der Waals surface area contributed by atoms with E-state index in [0.717, 1.165) is 30.8 Å². The van der Waals surface area contributed by atoms with E-state index in [0.29, 0.717) is 22.5 Å². The lowest BCUT2D eigenvalue weighted by molar-refractivity contribution is 0.210. The molecule has 1 aliphatic rings. The molecule has 1 aliphatic heterocycles. The van der Waals surface area contributed by atoms with E-state index in [9.17, 15) is 4.79 Å². The number of nitrogens with zero attached hydrogens (tertiary/aromatic N) is 1. The molecule has 28 heavy (non-hydrogen) atoms. The molecule has 2 aromatic carbocycles. The van der Waals surface area contributed by atoms with Crippen molar-refractivity contribution in [1.82, 2.24) is 15.3 Å². The molecule has 0 unspecified atom stereocenters. The monoisotopic (exact) mass is 396 g/mol. The lowest BCUT2D eigenvalue weighted by atomic mass is 9.84. The van der Waals surface area contributed by atoms with E-state index >= 15 is 0 Å². The van der Waals surface area contributed by atoms with Gasteiger partial charge in [-0.2, -0.15) is 0 Å². The van der Waals surface area contributed by atoms with Gasteiger partial charge in [-0.15, -0.1) is 0 Å². The van der Waals surface area contributed by atoms with Crippen molar-refractivity contribution in [2.45, 2.75) is 24.8 Å². The summed E-state index contributed by atoms with van der Waals surface area (Å²) in [6, 6.07) is 17.5. The number of piperidine rings is 1. The number of imidazole rings is 1. The second-order valence-corrected chi connectivity index (χ2v) is 7.26. The summed E-state index contributed by atoms with van der Waals surface area (Å²) in [5.41, 5.74) is 3.28. The molecule has 1 saturated heterocycles.